The van der Waals surface area contributed by atoms with Gasteiger partial charge in [0.1, 0.15) is 16.5 Å². The minimum absolute atomic E-state index is 0. The summed E-state index contributed by atoms with van der Waals surface area (Å²) in [4.78, 5) is 9.98. The Kier molecular flexibility index (Phi) is 10.4. The van der Waals surface area contributed by atoms with Crippen molar-refractivity contribution in [3.8, 4) is 11.5 Å². The highest BCUT2D eigenvalue weighted by molar-refractivity contribution is 14.0. The molecular formula is C18H27IN4O3S. The molecule has 1 aromatic heterocycles. The summed E-state index contributed by atoms with van der Waals surface area (Å²) in [6.45, 7) is 5.51. The molecular weight excluding hydrogens is 479 g/mol. The zero-order valence-electron chi connectivity index (χ0n) is 16.0. The molecule has 9 heteroatoms. The van der Waals surface area contributed by atoms with Gasteiger partial charge in [0.15, 0.2) is 5.96 Å². The average molecular weight is 506 g/mol. The number of hydrogen-bond acceptors (Lipinski definition) is 6. The maximum Gasteiger partial charge on any atom is 0.191 e. The van der Waals surface area contributed by atoms with Crippen molar-refractivity contribution in [1.82, 2.24) is 15.6 Å². The van der Waals surface area contributed by atoms with Crippen molar-refractivity contribution < 1.29 is 14.6 Å². The van der Waals surface area contributed by atoms with E-state index >= 15 is 0 Å². The highest BCUT2D eigenvalue weighted by Gasteiger charge is 2.15. The quantitative estimate of drug-likeness (QED) is 0.290. The minimum atomic E-state index is -0.772. The van der Waals surface area contributed by atoms with Gasteiger partial charge in [0.2, 0.25) is 0 Å². The van der Waals surface area contributed by atoms with E-state index in [-0.39, 0.29) is 30.5 Å². The summed E-state index contributed by atoms with van der Waals surface area (Å²) in [7, 11) is 3.17. The van der Waals surface area contributed by atoms with Crippen molar-refractivity contribution in [3.63, 3.8) is 0 Å². The molecule has 150 valence electrons. The molecule has 0 aliphatic rings. The van der Waals surface area contributed by atoms with E-state index in [1.54, 1.807) is 43.8 Å². The normalized spacial score (nSPS) is 12.1. The van der Waals surface area contributed by atoms with Crippen LogP contribution in [0.2, 0.25) is 0 Å². The van der Waals surface area contributed by atoms with Gasteiger partial charge in [-0.15, -0.1) is 35.3 Å². The van der Waals surface area contributed by atoms with Gasteiger partial charge in [-0.1, -0.05) is 0 Å². The first-order valence-corrected chi connectivity index (χ1v) is 9.22. The van der Waals surface area contributed by atoms with Crippen LogP contribution in [0.5, 0.6) is 11.5 Å². The molecule has 7 nitrogen and oxygen atoms in total. The third-order valence-corrected chi connectivity index (χ3v) is 4.54. The number of halogens is 1. The summed E-state index contributed by atoms with van der Waals surface area (Å²) < 4.78 is 10.6. The molecule has 27 heavy (non-hydrogen) atoms. The van der Waals surface area contributed by atoms with Crippen molar-refractivity contribution in [3.05, 3.63) is 39.8 Å². The maximum atomic E-state index is 10.6. The number of aliphatic hydroxyl groups is 1. The molecule has 0 saturated carbocycles. The summed E-state index contributed by atoms with van der Waals surface area (Å²) in [6.07, 6.45) is 1.07. The van der Waals surface area contributed by atoms with Gasteiger partial charge < -0.3 is 25.2 Å². The van der Waals surface area contributed by atoms with Gasteiger partial charge in [0.05, 0.1) is 26.9 Å². The number of hydrogen-bond donors (Lipinski definition) is 3. The molecule has 0 amide bonds. The Hall–Kier alpha value is -1.59. The Labute approximate surface area is 181 Å². The van der Waals surface area contributed by atoms with E-state index in [0.29, 0.717) is 29.6 Å². The summed E-state index contributed by atoms with van der Waals surface area (Å²) in [5, 5.41) is 17.8. The minimum Gasteiger partial charge on any atom is -0.497 e. The standard InChI is InChI=1S/C18H26N4O3S.HI/c1-5-19-18(22-11-17-20-9-12(2)26-17)21-10-15(23)14-8-13(24-3)6-7-16(14)25-4;/h6-9,15,23H,5,10-11H2,1-4H3,(H2,19,21,22);1H. The molecule has 0 radical (unpaired) electrons. The predicted octanol–water partition coefficient (Wildman–Crippen LogP) is 2.88. The first-order valence-electron chi connectivity index (χ1n) is 8.40. The van der Waals surface area contributed by atoms with Gasteiger partial charge in [-0.25, -0.2) is 9.98 Å². The lowest BCUT2D eigenvalue weighted by Crippen LogP contribution is -2.39. The average Bonchev–Trinajstić information content (AvgIpc) is 3.08. The van der Waals surface area contributed by atoms with Crippen LogP contribution in [0.25, 0.3) is 0 Å². The van der Waals surface area contributed by atoms with E-state index < -0.39 is 6.10 Å². The van der Waals surface area contributed by atoms with Gasteiger partial charge in [-0.3, -0.25) is 0 Å². The second-order valence-electron chi connectivity index (χ2n) is 5.56. The van der Waals surface area contributed by atoms with Crippen LogP contribution < -0.4 is 20.1 Å². The van der Waals surface area contributed by atoms with Crippen LogP contribution in [0.3, 0.4) is 0 Å². The lowest BCUT2D eigenvalue weighted by atomic mass is 10.1. The third-order valence-electron chi connectivity index (χ3n) is 3.64. The molecule has 1 unspecified atom stereocenters. The number of nitrogens with zero attached hydrogens (tertiary/aromatic N) is 2. The number of guanidine groups is 1. The number of nitrogens with one attached hydrogen (secondary N) is 2. The Bertz CT molecular complexity index is 739. The largest absolute Gasteiger partial charge is 0.497 e. The summed E-state index contributed by atoms with van der Waals surface area (Å²) in [6, 6.07) is 5.35. The monoisotopic (exact) mass is 506 g/mol. The number of thiazole rings is 1. The number of methoxy groups -OCH3 is 2. The van der Waals surface area contributed by atoms with E-state index in [9.17, 15) is 5.11 Å². The molecule has 0 bridgehead atoms. The molecule has 0 fully saturated rings. The highest BCUT2D eigenvalue weighted by atomic mass is 127. The van der Waals surface area contributed by atoms with Crippen LogP contribution >= 0.6 is 35.3 Å². The van der Waals surface area contributed by atoms with Crippen LogP contribution in [0.4, 0.5) is 0 Å². The van der Waals surface area contributed by atoms with Gasteiger partial charge in [-0.05, 0) is 32.0 Å². The number of rotatable bonds is 8. The molecule has 0 spiro atoms. The van der Waals surface area contributed by atoms with Gasteiger partial charge >= 0.3 is 0 Å². The fraction of sp³-hybridized carbons (Fsp3) is 0.444. The Morgan fingerprint density at radius 2 is 2.07 bits per heavy atom. The van der Waals surface area contributed by atoms with Gasteiger partial charge in [0.25, 0.3) is 0 Å². The summed E-state index contributed by atoms with van der Waals surface area (Å²) in [5.74, 6) is 1.90. The zero-order valence-corrected chi connectivity index (χ0v) is 19.1. The number of aromatic nitrogens is 1. The second-order valence-corrected chi connectivity index (χ2v) is 6.88. The number of aliphatic hydroxyl groups excluding tert-OH is 1. The molecule has 1 heterocycles. The molecule has 0 saturated heterocycles. The van der Waals surface area contributed by atoms with Crippen molar-refractivity contribution in [1.29, 1.82) is 0 Å². The van der Waals surface area contributed by atoms with Crippen LogP contribution in [0, 0.1) is 6.92 Å². The molecule has 3 N–H and O–H groups in total. The first-order chi connectivity index (χ1) is 12.6. The van der Waals surface area contributed by atoms with Crippen molar-refractivity contribution in [2.75, 3.05) is 27.3 Å². The number of aliphatic imine (C=N–C) groups is 1. The lowest BCUT2D eigenvalue weighted by Gasteiger charge is -2.18. The number of ether oxygens (including phenoxy) is 2. The van der Waals surface area contributed by atoms with E-state index in [1.807, 2.05) is 20.0 Å². The maximum absolute atomic E-state index is 10.6. The van der Waals surface area contributed by atoms with Crippen LogP contribution in [-0.4, -0.2) is 43.4 Å². The van der Waals surface area contributed by atoms with Gasteiger partial charge in [-0.2, -0.15) is 0 Å². The molecule has 2 rings (SSSR count). The van der Waals surface area contributed by atoms with Crippen molar-refractivity contribution in [2.45, 2.75) is 26.5 Å². The van der Waals surface area contributed by atoms with Crippen LogP contribution in [0.1, 0.15) is 28.5 Å². The fourth-order valence-electron chi connectivity index (χ4n) is 2.37. The Morgan fingerprint density at radius 1 is 1.30 bits per heavy atom. The first kappa shape index (κ1) is 23.4. The topological polar surface area (TPSA) is 88.0 Å². The Morgan fingerprint density at radius 3 is 2.67 bits per heavy atom. The lowest BCUT2D eigenvalue weighted by molar-refractivity contribution is 0.176. The third kappa shape index (κ3) is 7.15. The van der Waals surface area contributed by atoms with Crippen molar-refractivity contribution >= 4 is 41.3 Å². The van der Waals surface area contributed by atoms with E-state index in [0.717, 1.165) is 16.4 Å². The van der Waals surface area contributed by atoms with E-state index in [2.05, 4.69) is 20.6 Å². The van der Waals surface area contributed by atoms with E-state index in [4.69, 9.17) is 9.47 Å². The second kappa shape index (κ2) is 12.0. The smallest absolute Gasteiger partial charge is 0.191 e. The number of benzene rings is 1. The van der Waals surface area contributed by atoms with E-state index in [1.165, 1.54) is 0 Å². The molecule has 2 aromatic rings. The van der Waals surface area contributed by atoms with Crippen molar-refractivity contribution in [2.24, 2.45) is 4.99 Å². The molecule has 0 aliphatic carbocycles. The summed E-state index contributed by atoms with van der Waals surface area (Å²) >= 11 is 1.62. The zero-order chi connectivity index (χ0) is 18.9. The molecule has 0 aliphatic heterocycles. The SMILES string of the molecule is CCNC(=NCc1ncc(C)s1)NCC(O)c1cc(OC)ccc1OC.I. The number of aryl methyl sites for hydroxylation is 1. The Balaban J connectivity index is 0.00000364. The summed E-state index contributed by atoms with van der Waals surface area (Å²) in [5.41, 5.74) is 0.658. The highest BCUT2D eigenvalue weighted by Crippen LogP contribution is 2.29. The van der Waals surface area contributed by atoms with Crippen LogP contribution in [-0.2, 0) is 6.54 Å². The fourth-order valence-corrected chi connectivity index (χ4v) is 3.08. The van der Waals surface area contributed by atoms with Gasteiger partial charge in [0, 0.05) is 29.7 Å². The predicted molar refractivity (Wildman–Crippen MR) is 120 cm³/mol. The molecule has 1 aromatic carbocycles. The molecule has 1 atom stereocenters. The van der Waals surface area contributed by atoms with Crippen LogP contribution in [0.15, 0.2) is 29.4 Å².